The Balaban J connectivity index is 0.000000494. The number of allylic oxidation sites excluding steroid dienone is 2. The Bertz CT molecular complexity index is 493. The van der Waals surface area contributed by atoms with Gasteiger partial charge in [-0.05, 0) is 13.3 Å². The fraction of sp³-hybridized carbons (Fsp3) is 0.333. The summed E-state index contributed by atoms with van der Waals surface area (Å²) in [4.78, 5) is 21.3. The van der Waals surface area contributed by atoms with Gasteiger partial charge in [0.2, 0.25) is 0 Å². The normalized spacial score (nSPS) is 22.5. The highest BCUT2D eigenvalue weighted by Crippen LogP contribution is 2.31. The molecule has 0 radical (unpaired) electrons. The molecule has 0 aromatic carbocycles. The Morgan fingerprint density at radius 3 is 2.06 bits per heavy atom. The third-order valence-electron chi connectivity index (χ3n) is 2.08. The lowest BCUT2D eigenvalue weighted by Gasteiger charge is -2.23. The van der Waals surface area contributed by atoms with Gasteiger partial charge in [-0.1, -0.05) is 18.2 Å². The van der Waals surface area contributed by atoms with E-state index in [1.54, 1.807) is 0 Å². The predicted molar refractivity (Wildman–Crippen MR) is 59.4 cm³/mol. The predicted octanol–water partition coefficient (Wildman–Crippen LogP) is 0.395. The smallest absolute Gasteiger partial charge is 0.394 e. The molecule has 0 bridgehead atoms. The lowest BCUT2D eigenvalue weighted by Crippen LogP contribution is -2.28. The Kier molecular flexibility index (Phi) is 5.21. The van der Waals surface area contributed by atoms with E-state index in [4.69, 9.17) is 27.7 Å². The summed E-state index contributed by atoms with van der Waals surface area (Å²) in [7, 11) is -4.67. The van der Waals surface area contributed by atoms with E-state index in [2.05, 4.69) is 0 Å². The van der Waals surface area contributed by atoms with Crippen LogP contribution in [0.25, 0.3) is 0 Å². The Morgan fingerprint density at radius 2 is 1.72 bits per heavy atom. The summed E-state index contributed by atoms with van der Waals surface area (Å²) < 4.78 is 31.6. The summed E-state index contributed by atoms with van der Waals surface area (Å²) in [6.45, 7) is 1.50. The average molecular weight is 280 g/mol. The van der Waals surface area contributed by atoms with Crippen LogP contribution in [0.2, 0.25) is 0 Å². The summed E-state index contributed by atoms with van der Waals surface area (Å²) >= 11 is 0. The maximum Gasteiger partial charge on any atom is 0.394 e. The number of aliphatic carboxylic acids is 2. The van der Waals surface area contributed by atoms with Crippen molar-refractivity contribution in [1.29, 1.82) is 0 Å². The number of carboxylic acids is 2. The van der Waals surface area contributed by atoms with Gasteiger partial charge in [-0.25, -0.2) is 4.79 Å². The molecule has 1 aliphatic carbocycles. The highest BCUT2D eigenvalue weighted by atomic mass is 32.3. The molecule has 4 N–H and O–H groups in total. The van der Waals surface area contributed by atoms with Crippen molar-refractivity contribution in [2.24, 2.45) is 5.41 Å². The maximum atomic E-state index is 10.8. The zero-order valence-corrected chi connectivity index (χ0v) is 10.1. The van der Waals surface area contributed by atoms with E-state index in [-0.39, 0.29) is 12.0 Å². The molecule has 102 valence electrons. The van der Waals surface area contributed by atoms with Gasteiger partial charge in [0.1, 0.15) is 0 Å². The zero-order valence-electron chi connectivity index (χ0n) is 9.27. The largest absolute Gasteiger partial charge is 0.481 e. The van der Waals surface area contributed by atoms with Gasteiger partial charge in [0, 0.05) is 5.57 Å². The average Bonchev–Trinajstić information content (AvgIpc) is 2.14. The highest BCUT2D eigenvalue weighted by molar-refractivity contribution is 7.79. The maximum absolute atomic E-state index is 10.8. The van der Waals surface area contributed by atoms with E-state index in [1.807, 2.05) is 0 Å². The Labute approximate surface area is 103 Å². The zero-order chi connectivity index (χ0) is 14.6. The topological polar surface area (TPSA) is 149 Å². The monoisotopic (exact) mass is 280 g/mol. The van der Waals surface area contributed by atoms with Crippen molar-refractivity contribution in [1.82, 2.24) is 0 Å². The van der Waals surface area contributed by atoms with Crippen molar-refractivity contribution in [2.45, 2.75) is 13.3 Å². The van der Waals surface area contributed by atoms with Gasteiger partial charge >= 0.3 is 22.3 Å². The Hall–Kier alpha value is -1.71. The minimum Gasteiger partial charge on any atom is -0.481 e. The molecule has 0 spiro atoms. The molecular formula is C9H12O8S. The second-order valence-corrected chi connectivity index (χ2v) is 4.60. The van der Waals surface area contributed by atoms with Crippen molar-refractivity contribution >= 4 is 22.3 Å². The van der Waals surface area contributed by atoms with E-state index in [0.717, 1.165) is 0 Å². The second-order valence-electron chi connectivity index (χ2n) is 3.70. The summed E-state index contributed by atoms with van der Waals surface area (Å²) in [6.07, 6.45) is 4.43. The van der Waals surface area contributed by atoms with Gasteiger partial charge < -0.3 is 10.2 Å². The molecule has 0 fully saturated rings. The third kappa shape index (κ3) is 6.13. The minimum atomic E-state index is -4.67. The van der Waals surface area contributed by atoms with Crippen molar-refractivity contribution in [3.05, 3.63) is 23.8 Å². The summed E-state index contributed by atoms with van der Waals surface area (Å²) in [6, 6.07) is 0. The van der Waals surface area contributed by atoms with E-state index in [9.17, 15) is 9.59 Å². The summed E-state index contributed by atoms with van der Waals surface area (Å²) in [5.41, 5.74) is -0.949. The van der Waals surface area contributed by atoms with E-state index in [1.165, 1.54) is 25.2 Å². The van der Waals surface area contributed by atoms with E-state index in [0.29, 0.717) is 0 Å². The molecule has 1 unspecified atom stereocenters. The first-order valence-corrected chi connectivity index (χ1v) is 5.90. The highest BCUT2D eigenvalue weighted by Gasteiger charge is 2.34. The van der Waals surface area contributed by atoms with Gasteiger partial charge in [0.25, 0.3) is 0 Å². The standard InChI is InChI=1S/C9H10O4.H2O4S/c1-9(8(12)13)4-2-3-6(5-9)7(10)11;1-5(2,3)4/h2-4H,5H2,1H3,(H,10,11)(H,12,13);(H2,1,2,3,4). The molecule has 18 heavy (non-hydrogen) atoms. The molecule has 0 aromatic heterocycles. The van der Waals surface area contributed by atoms with Crippen molar-refractivity contribution in [3.8, 4) is 0 Å². The molecule has 1 aliphatic rings. The number of carbonyl (C=O) groups is 2. The van der Waals surface area contributed by atoms with Gasteiger partial charge in [-0.2, -0.15) is 8.42 Å². The Morgan fingerprint density at radius 1 is 1.28 bits per heavy atom. The van der Waals surface area contributed by atoms with Gasteiger partial charge in [-0.3, -0.25) is 13.9 Å². The number of hydrogen-bond donors (Lipinski definition) is 4. The van der Waals surface area contributed by atoms with E-state index >= 15 is 0 Å². The first-order valence-electron chi connectivity index (χ1n) is 4.51. The number of hydrogen-bond acceptors (Lipinski definition) is 4. The van der Waals surface area contributed by atoms with Crippen molar-refractivity contribution in [3.63, 3.8) is 0 Å². The molecule has 8 nitrogen and oxygen atoms in total. The lowest BCUT2D eigenvalue weighted by atomic mass is 9.80. The third-order valence-corrected chi connectivity index (χ3v) is 2.08. The van der Waals surface area contributed by atoms with Gasteiger partial charge in [0.05, 0.1) is 5.41 Å². The van der Waals surface area contributed by atoms with Crippen LogP contribution in [0.3, 0.4) is 0 Å². The van der Waals surface area contributed by atoms with Gasteiger partial charge in [-0.15, -0.1) is 0 Å². The minimum absolute atomic E-state index is 0.0359. The van der Waals surface area contributed by atoms with Crippen LogP contribution in [0.4, 0.5) is 0 Å². The molecular weight excluding hydrogens is 268 g/mol. The molecule has 0 heterocycles. The molecule has 0 saturated heterocycles. The first kappa shape index (κ1) is 16.3. The SMILES string of the molecule is CC1(C(=O)O)C=CC=C(C(=O)O)C1.O=S(=O)(O)O. The molecule has 0 amide bonds. The van der Waals surface area contributed by atoms with Crippen molar-refractivity contribution < 1.29 is 37.3 Å². The number of rotatable bonds is 2. The molecule has 1 rings (SSSR count). The molecule has 9 heteroatoms. The van der Waals surface area contributed by atoms with Crippen LogP contribution in [0.15, 0.2) is 23.8 Å². The first-order chi connectivity index (χ1) is 7.96. The molecule has 0 aromatic rings. The van der Waals surface area contributed by atoms with Crippen molar-refractivity contribution in [2.75, 3.05) is 0 Å². The molecule has 0 saturated carbocycles. The molecule has 0 aliphatic heterocycles. The summed E-state index contributed by atoms with van der Waals surface area (Å²) in [5.74, 6) is -2.06. The summed E-state index contributed by atoms with van der Waals surface area (Å²) in [5, 5.41) is 17.5. The fourth-order valence-corrected chi connectivity index (χ4v) is 1.18. The second kappa shape index (κ2) is 5.76. The quantitative estimate of drug-likeness (QED) is 0.531. The van der Waals surface area contributed by atoms with Gasteiger partial charge in [0.15, 0.2) is 0 Å². The van der Waals surface area contributed by atoms with Crippen LogP contribution in [0.1, 0.15) is 13.3 Å². The van der Waals surface area contributed by atoms with Crippen LogP contribution in [-0.4, -0.2) is 39.7 Å². The lowest BCUT2D eigenvalue weighted by molar-refractivity contribution is -0.145. The fourth-order valence-electron chi connectivity index (χ4n) is 1.18. The van der Waals surface area contributed by atoms with Crippen LogP contribution < -0.4 is 0 Å². The van der Waals surface area contributed by atoms with Crippen LogP contribution in [0, 0.1) is 5.41 Å². The molecule has 1 atom stereocenters. The van der Waals surface area contributed by atoms with Crippen LogP contribution in [0.5, 0.6) is 0 Å². The van der Waals surface area contributed by atoms with Crippen LogP contribution >= 0.6 is 0 Å². The van der Waals surface area contributed by atoms with E-state index < -0.39 is 27.8 Å². The number of carboxylic acid groups (broad SMARTS) is 2. The van der Waals surface area contributed by atoms with Crippen LogP contribution in [-0.2, 0) is 20.0 Å².